The topological polar surface area (TPSA) is 3.24 Å². The first kappa shape index (κ1) is 12.4. The lowest BCUT2D eigenvalue weighted by molar-refractivity contribution is -0.137. The van der Waals surface area contributed by atoms with Gasteiger partial charge in [0.2, 0.25) is 0 Å². The zero-order chi connectivity index (χ0) is 12.5. The highest BCUT2D eigenvalue weighted by Crippen LogP contribution is 2.31. The number of rotatable bonds is 2. The lowest BCUT2D eigenvalue weighted by Gasteiger charge is -2.24. The summed E-state index contributed by atoms with van der Waals surface area (Å²) in [5.74, 6) is 0. The monoisotopic (exact) mass is 243 g/mol. The Morgan fingerprint density at radius 1 is 1.06 bits per heavy atom. The van der Waals surface area contributed by atoms with Crippen LogP contribution in [-0.4, -0.2) is 18.0 Å². The third-order valence-electron chi connectivity index (χ3n) is 3.41. The van der Waals surface area contributed by atoms with Gasteiger partial charge in [0.25, 0.3) is 0 Å². The second kappa shape index (κ2) is 4.69. The molecule has 1 nitrogen and oxygen atoms in total. The van der Waals surface area contributed by atoms with Crippen molar-refractivity contribution in [2.45, 2.75) is 32.0 Å². The molecule has 0 aliphatic carbocycles. The van der Waals surface area contributed by atoms with E-state index in [0.29, 0.717) is 0 Å². The highest BCUT2D eigenvalue weighted by molar-refractivity contribution is 5.26. The van der Waals surface area contributed by atoms with Gasteiger partial charge in [0.15, 0.2) is 0 Å². The van der Waals surface area contributed by atoms with Crippen LogP contribution in [0.3, 0.4) is 0 Å². The van der Waals surface area contributed by atoms with Crippen LogP contribution in [0.1, 0.15) is 36.9 Å². The Balaban J connectivity index is 2.12. The van der Waals surface area contributed by atoms with E-state index in [2.05, 4.69) is 4.90 Å². The van der Waals surface area contributed by atoms with Crippen molar-refractivity contribution in [2.24, 2.45) is 0 Å². The molecule has 4 heteroatoms. The molecule has 2 rings (SSSR count). The predicted molar refractivity (Wildman–Crippen MR) is 60.7 cm³/mol. The molecule has 0 N–H and O–H groups in total. The molecule has 1 aliphatic rings. The molecule has 1 unspecified atom stereocenters. The predicted octanol–water partition coefficient (Wildman–Crippen LogP) is 3.86. The van der Waals surface area contributed by atoms with Gasteiger partial charge in [-0.05, 0) is 50.6 Å². The van der Waals surface area contributed by atoms with Gasteiger partial charge in [0.1, 0.15) is 0 Å². The molecule has 0 saturated carbocycles. The number of likely N-dealkylation sites (tertiary alicyclic amines) is 1. The van der Waals surface area contributed by atoms with Gasteiger partial charge >= 0.3 is 6.18 Å². The van der Waals surface area contributed by atoms with Crippen LogP contribution < -0.4 is 0 Å². The Kier molecular flexibility index (Phi) is 3.43. The maximum absolute atomic E-state index is 12.4. The molecule has 0 bridgehead atoms. The number of benzene rings is 1. The fourth-order valence-corrected chi connectivity index (χ4v) is 2.29. The largest absolute Gasteiger partial charge is 0.416 e. The van der Waals surface area contributed by atoms with Crippen molar-refractivity contribution in [3.8, 4) is 0 Å². The Labute approximate surface area is 99.2 Å². The fourth-order valence-electron chi connectivity index (χ4n) is 2.29. The molecule has 0 radical (unpaired) electrons. The van der Waals surface area contributed by atoms with Crippen LogP contribution >= 0.6 is 0 Å². The summed E-state index contributed by atoms with van der Waals surface area (Å²) < 4.78 is 37.2. The van der Waals surface area contributed by atoms with Crippen LogP contribution in [0.4, 0.5) is 13.2 Å². The van der Waals surface area contributed by atoms with E-state index in [-0.39, 0.29) is 6.04 Å². The van der Waals surface area contributed by atoms with Gasteiger partial charge in [0.05, 0.1) is 5.56 Å². The summed E-state index contributed by atoms with van der Waals surface area (Å²) in [5, 5.41) is 0. The van der Waals surface area contributed by atoms with E-state index in [1.807, 2.05) is 6.92 Å². The standard InChI is InChI=1S/C13H16F3N/c1-10(17-8-2-3-9-17)11-4-6-12(7-5-11)13(14,15)16/h4-7,10H,2-3,8-9H2,1H3. The smallest absolute Gasteiger partial charge is 0.297 e. The van der Waals surface area contributed by atoms with Crippen LogP contribution in [0.25, 0.3) is 0 Å². The zero-order valence-electron chi connectivity index (χ0n) is 9.80. The molecular weight excluding hydrogens is 227 g/mol. The summed E-state index contributed by atoms with van der Waals surface area (Å²) in [7, 11) is 0. The maximum Gasteiger partial charge on any atom is 0.416 e. The Hall–Kier alpha value is -1.03. The molecule has 1 aromatic carbocycles. The maximum atomic E-state index is 12.4. The lowest BCUT2D eigenvalue weighted by atomic mass is 10.0. The molecule has 0 aromatic heterocycles. The molecule has 0 amide bonds. The average Bonchev–Trinajstić information content (AvgIpc) is 2.80. The van der Waals surface area contributed by atoms with Gasteiger partial charge in [-0.15, -0.1) is 0 Å². The molecule has 17 heavy (non-hydrogen) atoms. The summed E-state index contributed by atoms with van der Waals surface area (Å²) >= 11 is 0. The molecule has 1 atom stereocenters. The van der Waals surface area contributed by atoms with Gasteiger partial charge in [0, 0.05) is 6.04 Å². The summed E-state index contributed by atoms with van der Waals surface area (Å²) in [5.41, 5.74) is 0.384. The van der Waals surface area contributed by atoms with Crippen molar-refractivity contribution < 1.29 is 13.2 Å². The number of halogens is 3. The summed E-state index contributed by atoms with van der Waals surface area (Å²) in [6.45, 7) is 4.14. The van der Waals surface area contributed by atoms with Crippen molar-refractivity contribution in [2.75, 3.05) is 13.1 Å². The Bertz CT molecular complexity index is 363. The second-order valence-electron chi connectivity index (χ2n) is 4.54. The van der Waals surface area contributed by atoms with E-state index in [0.717, 1.165) is 18.7 Å². The highest BCUT2D eigenvalue weighted by Gasteiger charge is 2.30. The van der Waals surface area contributed by atoms with E-state index in [1.165, 1.54) is 25.0 Å². The SMILES string of the molecule is CC(c1ccc(C(F)(F)F)cc1)N1CCCC1. The first-order valence-electron chi connectivity index (χ1n) is 5.89. The summed E-state index contributed by atoms with van der Waals surface area (Å²) in [6, 6.07) is 5.72. The normalized spacial score (nSPS) is 19.5. The first-order chi connectivity index (χ1) is 7.98. The fraction of sp³-hybridized carbons (Fsp3) is 0.538. The molecule has 1 aliphatic heterocycles. The van der Waals surface area contributed by atoms with Gasteiger partial charge in [-0.1, -0.05) is 12.1 Å². The van der Waals surface area contributed by atoms with E-state index >= 15 is 0 Å². The quantitative estimate of drug-likeness (QED) is 0.762. The second-order valence-corrected chi connectivity index (χ2v) is 4.54. The number of hydrogen-bond acceptors (Lipinski definition) is 1. The van der Waals surface area contributed by atoms with E-state index < -0.39 is 11.7 Å². The van der Waals surface area contributed by atoms with Gasteiger partial charge in [-0.2, -0.15) is 13.2 Å². The first-order valence-corrected chi connectivity index (χ1v) is 5.89. The molecule has 1 saturated heterocycles. The molecule has 0 spiro atoms. The number of nitrogens with zero attached hydrogens (tertiary/aromatic N) is 1. The minimum atomic E-state index is -4.24. The van der Waals surface area contributed by atoms with E-state index in [9.17, 15) is 13.2 Å². The van der Waals surface area contributed by atoms with Crippen molar-refractivity contribution in [1.29, 1.82) is 0 Å². The molecule has 1 aromatic rings. The van der Waals surface area contributed by atoms with Crippen LogP contribution in [0, 0.1) is 0 Å². The third-order valence-corrected chi connectivity index (χ3v) is 3.41. The van der Waals surface area contributed by atoms with E-state index in [1.54, 1.807) is 12.1 Å². The molecule has 94 valence electrons. The lowest BCUT2D eigenvalue weighted by Crippen LogP contribution is -2.23. The molecule has 1 heterocycles. The molecular formula is C13H16F3N. The van der Waals surface area contributed by atoms with Crippen LogP contribution in [0.15, 0.2) is 24.3 Å². The number of hydrogen-bond donors (Lipinski definition) is 0. The summed E-state index contributed by atoms with van der Waals surface area (Å²) in [6.07, 6.45) is -1.87. The van der Waals surface area contributed by atoms with Gasteiger partial charge in [-0.3, -0.25) is 4.90 Å². The van der Waals surface area contributed by atoms with Crippen LogP contribution in [0.2, 0.25) is 0 Å². The minimum Gasteiger partial charge on any atom is -0.297 e. The molecule has 1 fully saturated rings. The van der Waals surface area contributed by atoms with E-state index in [4.69, 9.17) is 0 Å². The Morgan fingerprint density at radius 2 is 1.59 bits per heavy atom. The summed E-state index contributed by atoms with van der Waals surface area (Å²) in [4.78, 5) is 2.31. The Morgan fingerprint density at radius 3 is 2.06 bits per heavy atom. The average molecular weight is 243 g/mol. The zero-order valence-corrected chi connectivity index (χ0v) is 9.80. The highest BCUT2D eigenvalue weighted by atomic mass is 19.4. The van der Waals surface area contributed by atoms with Crippen molar-refractivity contribution in [3.63, 3.8) is 0 Å². The number of alkyl halides is 3. The van der Waals surface area contributed by atoms with Crippen LogP contribution in [-0.2, 0) is 6.18 Å². The van der Waals surface area contributed by atoms with Crippen molar-refractivity contribution in [1.82, 2.24) is 4.90 Å². The van der Waals surface area contributed by atoms with Gasteiger partial charge in [-0.25, -0.2) is 0 Å². The van der Waals surface area contributed by atoms with Gasteiger partial charge < -0.3 is 0 Å². The van der Waals surface area contributed by atoms with Crippen LogP contribution in [0.5, 0.6) is 0 Å². The minimum absolute atomic E-state index is 0.208. The third kappa shape index (κ3) is 2.80. The van der Waals surface area contributed by atoms with Crippen molar-refractivity contribution >= 4 is 0 Å². The van der Waals surface area contributed by atoms with Crippen molar-refractivity contribution in [3.05, 3.63) is 35.4 Å².